The fourth-order valence-corrected chi connectivity index (χ4v) is 4.05. The summed E-state index contributed by atoms with van der Waals surface area (Å²) in [5, 5.41) is 2.85. The molecule has 3 rings (SSSR count). The molecule has 22 heavy (non-hydrogen) atoms. The van der Waals surface area contributed by atoms with Crippen LogP contribution >= 0.6 is 0 Å². The van der Waals surface area contributed by atoms with E-state index in [9.17, 15) is 9.59 Å². The van der Waals surface area contributed by atoms with Gasteiger partial charge in [-0.15, -0.1) is 0 Å². The maximum Gasteiger partial charge on any atom is 0.248 e. The second kappa shape index (κ2) is 4.80. The Hall–Kier alpha value is -1.90. The number of Topliss-reactive ketones (excluding diaryl/α,β-unsaturated/α-hetero) is 1. The standard InChI is InChI=1S/C19H23NO2/c1-12-5-7-13(8-6-12)20-16(21)11-14-15-9-10-19(4,17(14)22)18(15,2)3/h5-8,11,15H,9-10H2,1-4H3,(H,20,21)/b14-11-/t15-,19-/m1/s1. The molecule has 2 aliphatic carbocycles. The number of amides is 1. The van der Waals surface area contributed by atoms with Crippen molar-refractivity contribution in [2.24, 2.45) is 16.7 Å². The molecule has 2 fully saturated rings. The fourth-order valence-electron chi connectivity index (χ4n) is 4.05. The second-order valence-corrected chi connectivity index (χ2v) is 7.43. The predicted molar refractivity (Wildman–Crippen MR) is 87.5 cm³/mol. The van der Waals surface area contributed by atoms with Gasteiger partial charge in [-0.05, 0) is 43.2 Å². The van der Waals surface area contributed by atoms with Gasteiger partial charge in [-0.3, -0.25) is 9.59 Å². The van der Waals surface area contributed by atoms with E-state index in [1.165, 1.54) is 6.08 Å². The van der Waals surface area contributed by atoms with Crippen molar-refractivity contribution in [1.82, 2.24) is 0 Å². The highest BCUT2D eigenvalue weighted by atomic mass is 16.2. The van der Waals surface area contributed by atoms with E-state index in [1.807, 2.05) is 38.1 Å². The average Bonchev–Trinajstić information content (AvgIpc) is 2.76. The van der Waals surface area contributed by atoms with Crippen molar-refractivity contribution in [3.05, 3.63) is 41.5 Å². The van der Waals surface area contributed by atoms with E-state index < -0.39 is 0 Å². The van der Waals surface area contributed by atoms with Crippen molar-refractivity contribution in [2.75, 3.05) is 5.32 Å². The Bertz CT molecular complexity index is 669. The molecule has 3 heteroatoms. The Morgan fingerprint density at radius 2 is 1.86 bits per heavy atom. The van der Waals surface area contributed by atoms with E-state index in [0.717, 1.165) is 24.1 Å². The summed E-state index contributed by atoms with van der Waals surface area (Å²) in [6.07, 6.45) is 3.46. The lowest BCUT2D eigenvalue weighted by Gasteiger charge is -2.31. The maximum atomic E-state index is 12.7. The molecule has 2 atom stereocenters. The summed E-state index contributed by atoms with van der Waals surface area (Å²) in [4.78, 5) is 24.9. The zero-order chi connectivity index (χ0) is 16.1. The van der Waals surface area contributed by atoms with Crippen LogP contribution in [0, 0.1) is 23.7 Å². The van der Waals surface area contributed by atoms with Gasteiger partial charge in [-0.2, -0.15) is 0 Å². The molecule has 3 nitrogen and oxygen atoms in total. The summed E-state index contributed by atoms with van der Waals surface area (Å²) in [6.45, 7) is 8.36. The minimum atomic E-state index is -0.312. The number of fused-ring (bicyclic) bond motifs is 2. The number of carbonyl (C=O) groups is 2. The molecular weight excluding hydrogens is 274 g/mol. The van der Waals surface area contributed by atoms with Crippen LogP contribution in [0.4, 0.5) is 5.69 Å². The van der Waals surface area contributed by atoms with Gasteiger partial charge >= 0.3 is 0 Å². The molecule has 0 heterocycles. The topological polar surface area (TPSA) is 46.2 Å². The molecule has 116 valence electrons. The summed E-state index contributed by atoms with van der Waals surface area (Å²) < 4.78 is 0. The third kappa shape index (κ3) is 2.03. The lowest BCUT2D eigenvalue weighted by molar-refractivity contribution is -0.125. The Labute approximate surface area is 131 Å². The Balaban J connectivity index is 1.82. The van der Waals surface area contributed by atoms with Crippen molar-refractivity contribution < 1.29 is 9.59 Å². The highest BCUT2D eigenvalue weighted by Gasteiger charge is 2.63. The number of ketones is 1. The van der Waals surface area contributed by atoms with Gasteiger partial charge in [0.05, 0.1) is 0 Å². The normalized spacial score (nSPS) is 30.8. The van der Waals surface area contributed by atoms with Crippen LogP contribution in [0.1, 0.15) is 39.2 Å². The third-order valence-electron chi connectivity index (χ3n) is 5.97. The average molecular weight is 297 g/mol. The minimum absolute atomic E-state index is 0.0555. The van der Waals surface area contributed by atoms with Gasteiger partial charge in [0.15, 0.2) is 5.78 Å². The van der Waals surface area contributed by atoms with Crippen LogP contribution in [0.5, 0.6) is 0 Å². The third-order valence-corrected chi connectivity index (χ3v) is 5.97. The number of carbonyl (C=O) groups excluding carboxylic acids is 2. The number of benzene rings is 1. The monoisotopic (exact) mass is 297 g/mol. The van der Waals surface area contributed by atoms with E-state index in [1.54, 1.807) is 0 Å². The molecule has 1 amide bonds. The Kier molecular flexibility index (Phi) is 3.28. The van der Waals surface area contributed by atoms with Crippen LogP contribution < -0.4 is 5.32 Å². The lowest BCUT2D eigenvalue weighted by Crippen LogP contribution is -2.32. The van der Waals surface area contributed by atoms with Crippen LogP contribution in [0.15, 0.2) is 35.9 Å². The summed E-state index contributed by atoms with van der Waals surface area (Å²) in [6, 6.07) is 7.66. The quantitative estimate of drug-likeness (QED) is 0.842. The number of aryl methyl sites for hydroxylation is 1. The van der Waals surface area contributed by atoms with Crippen molar-refractivity contribution in [1.29, 1.82) is 0 Å². The highest BCUT2D eigenvalue weighted by molar-refractivity contribution is 6.11. The first-order chi connectivity index (χ1) is 10.3. The van der Waals surface area contributed by atoms with Crippen molar-refractivity contribution in [3.63, 3.8) is 0 Å². The van der Waals surface area contributed by atoms with Gasteiger partial charge in [-0.25, -0.2) is 0 Å². The molecule has 2 saturated carbocycles. The number of allylic oxidation sites excluding steroid dienone is 1. The molecule has 2 bridgehead atoms. The number of rotatable bonds is 2. The van der Waals surface area contributed by atoms with E-state index in [-0.39, 0.29) is 28.4 Å². The Morgan fingerprint density at radius 1 is 1.23 bits per heavy atom. The predicted octanol–water partition coefficient (Wildman–Crippen LogP) is 3.89. The van der Waals surface area contributed by atoms with Gasteiger partial charge in [0, 0.05) is 22.8 Å². The molecule has 1 aromatic rings. The van der Waals surface area contributed by atoms with Crippen LogP contribution in [-0.2, 0) is 9.59 Å². The van der Waals surface area contributed by atoms with Crippen LogP contribution in [-0.4, -0.2) is 11.7 Å². The van der Waals surface area contributed by atoms with Crippen LogP contribution in [0.25, 0.3) is 0 Å². The fraction of sp³-hybridized carbons (Fsp3) is 0.474. The molecule has 1 aromatic carbocycles. The van der Waals surface area contributed by atoms with Gasteiger partial charge in [0.1, 0.15) is 0 Å². The molecule has 0 saturated heterocycles. The molecule has 0 unspecified atom stereocenters. The highest BCUT2D eigenvalue weighted by Crippen LogP contribution is 2.65. The Morgan fingerprint density at radius 3 is 2.41 bits per heavy atom. The summed E-state index contributed by atoms with van der Waals surface area (Å²) in [7, 11) is 0. The number of anilines is 1. The zero-order valence-corrected chi connectivity index (χ0v) is 13.7. The molecular formula is C19H23NO2. The molecule has 0 spiro atoms. The van der Waals surface area contributed by atoms with Crippen LogP contribution in [0.2, 0.25) is 0 Å². The van der Waals surface area contributed by atoms with E-state index in [2.05, 4.69) is 19.2 Å². The summed E-state index contributed by atoms with van der Waals surface area (Å²) >= 11 is 0. The lowest BCUT2D eigenvalue weighted by atomic mass is 9.70. The van der Waals surface area contributed by atoms with Crippen molar-refractivity contribution >= 4 is 17.4 Å². The summed E-state index contributed by atoms with van der Waals surface area (Å²) in [5.41, 5.74) is 2.25. The van der Waals surface area contributed by atoms with Gasteiger partial charge in [-0.1, -0.05) is 38.5 Å². The number of nitrogens with one attached hydrogen (secondary N) is 1. The molecule has 0 aromatic heterocycles. The molecule has 1 N–H and O–H groups in total. The van der Waals surface area contributed by atoms with Gasteiger partial charge < -0.3 is 5.32 Å². The maximum absolute atomic E-state index is 12.7. The zero-order valence-electron chi connectivity index (χ0n) is 13.7. The first kappa shape index (κ1) is 15.0. The number of hydrogen-bond donors (Lipinski definition) is 1. The summed E-state index contributed by atoms with van der Waals surface area (Å²) in [5.74, 6) is 0.153. The largest absolute Gasteiger partial charge is 0.323 e. The number of hydrogen-bond acceptors (Lipinski definition) is 2. The van der Waals surface area contributed by atoms with E-state index in [0.29, 0.717) is 5.57 Å². The SMILES string of the molecule is Cc1ccc(NC(=O)/C=C2\C(=O)[C@@]3(C)CC[C@H]2C3(C)C)cc1. The smallest absolute Gasteiger partial charge is 0.248 e. The molecule has 0 radical (unpaired) electrons. The minimum Gasteiger partial charge on any atom is -0.323 e. The van der Waals surface area contributed by atoms with Crippen molar-refractivity contribution in [2.45, 2.75) is 40.5 Å². The first-order valence-electron chi connectivity index (χ1n) is 7.90. The second-order valence-electron chi connectivity index (χ2n) is 7.43. The van der Waals surface area contributed by atoms with E-state index in [4.69, 9.17) is 0 Å². The van der Waals surface area contributed by atoms with E-state index >= 15 is 0 Å². The first-order valence-corrected chi connectivity index (χ1v) is 7.90. The van der Waals surface area contributed by atoms with Gasteiger partial charge in [0.2, 0.25) is 5.91 Å². The molecule has 2 aliphatic rings. The van der Waals surface area contributed by atoms with Crippen LogP contribution in [0.3, 0.4) is 0 Å². The van der Waals surface area contributed by atoms with Gasteiger partial charge in [0.25, 0.3) is 0 Å². The molecule has 0 aliphatic heterocycles. The van der Waals surface area contributed by atoms with Crippen molar-refractivity contribution in [3.8, 4) is 0 Å².